The first-order valence-electron chi connectivity index (χ1n) is 7.73. The Morgan fingerprint density at radius 1 is 1.16 bits per heavy atom. The van der Waals surface area contributed by atoms with Crippen molar-refractivity contribution in [1.82, 2.24) is 14.9 Å². The van der Waals surface area contributed by atoms with E-state index in [-0.39, 0.29) is 12.5 Å². The van der Waals surface area contributed by atoms with E-state index < -0.39 is 0 Å². The highest BCUT2D eigenvalue weighted by atomic mass is 35.5. The molecule has 0 aliphatic heterocycles. The summed E-state index contributed by atoms with van der Waals surface area (Å²) in [5.74, 6) is 0.526. The summed E-state index contributed by atoms with van der Waals surface area (Å²) in [5, 5.41) is 4.00. The van der Waals surface area contributed by atoms with Gasteiger partial charge in [0.2, 0.25) is 5.91 Å². The Labute approximate surface area is 155 Å². The topological polar surface area (TPSA) is 56.1 Å². The lowest BCUT2D eigenvalue weighted by Gasteiger charge is -2.12. The molecule has 5 nitrogen and oxygen atoms in total. The summed E-state index contributed by atoms with van der Waals surface area (Å²) in [6.07, 6.45) is 0. The number of benzene rings is 2. The first kappa shape index (κ1) is 17.7. The van der Waals surface area contributed by atoms with Crippen molar-refractivity contribution in [2.75, 3.05) is 13.7 Å². The van der Waals surface area contributed by atoms with Gasteiger partial charge in [0.25, 0.3) is 0 Å². The Hall–Kier alpha value is -2.08. The number of aromatic nitrogens is 2. The lowest BCUT2D eigenvalue weighted by Crippen LogP contribution is -2.28. The van der Waals surface area contributed by atoms with Gasteiger partial charge < -0.3 is 14.6 Å². The van der Waals surface area contributed by atoms with Crippen LogP contribution in [-0.4, -0.2) is 29.2 Å². The number of carbonyl (C=O) groups excluding carboxylic acids is 1. The van der Waals surface area contributed by atoms with Crippen LogP contribution in [0.3, 0.4) is 0 Å². The van der Waals surface area contributed by atoms with E-state index in [9.17, 15) is 4.79 Å². The number of para-hydroxylation sites is 2. The van der Waals surface area contributed by atoms with Crippen LogP contribution >= 0.6 is 23.2 Å². The van der Waals surface area contributed by atoms with E-state index >= 15 is 0 Å². The summed E-state index contributed by atoms with van der Waals surface area (Å²) in [7, 11) is 1.48. The van der Waals surface area contributed by atoms with Crippen LogP contribution in [0, 0.1) is 0 Å². The molecule has 0 aliphatic carbocycles. The van der Waals surface area contributed by atoms with Crippen molar-refractivity contribution in [3.63, 3.8) is 0 Å². The molecule has 7 heteroatoms. The molecule has 0 bridgehead atoms. The van der Waals surface area contributed by atoms with Gasteiger partial charge in [-0.05, 0) is 24.3 Å². The molecule has 0 saturated heterocycles. The second kappa shape index (κ2) is 7.87. The molecule has 130 valence electrons. The number of carbonyl (C=O) groups is 1. The van der Waals surface area contributed by atoms with Crippen LogP contribution in [0.2, 0.25) is 10.0 Å². The van der Waals surface area contributed by atoms with Crippen LogP contribution in [0.15, 0.2) is 42.5 Å². The SMILES string of the molecule is COCC(=O)NCc1nc2ccccc2n1Cc1c(Cl)cccc1Cl. The molecule has 3 rings (SSSR count). The van der Waals surface area contributed by atoms with E-state index in [0.717, 1.165) is 22.4 Å². The Kier molecular flexibility index (Phi) is 5.58. The second-order valence-electron chi connectivity index (χ2n) is 5.51. The Balaban J connectivity index is 1.97. The maximum absolute atomic E-state index is 11.7. The number of halogens is 2. The first-order valence-corrected chi connectivity index (χ1v) is 8.48. The fraction of sp³-hybridized carbons (Fsp3) is 0.222. The molecule has 1 amide bonds. The predicted molar refractivity (Wildman–Crippen MR) is 99.0 cm³/mol. The van der Waals surface area contributed by atoms with E-state index in [0.29, 0.717) is 23.1 Å². The molecule has 0 unspecified atom stereocenters. The Morgan fingerprint density at radius 3 is 2.60 bits per heavy atom. The minimum absolute atomic E-state index is 0.0105. The number of nitrogens with zero attached hydrogens (tertiary/aromatic N) is 2. The zero-order valence-corrected chi connectivity index (χ0v) is 15.1. The molecule has 0 aliphatic rings. The van der Waals surface area contributed by atoms with Gasteiger partial charge in [-0.2, -0.15) is 0 Å². The molecule has 1 heterocycles. The third-order valence-corrected chi connectivity index (χ3v) is 4.54. The maximum Gasteiger partial charge on any atom is 0.246 e. The first-order chi connectivity index (χ1) is 12.1. The number of fused-ring (bicyclic) bond motifs is 1. The van der Waals surface area contributed by atoms with Crippen molar-refractivity contribution < 1.29 is 9.53 Å². The van der Waals surface area contributed by atoms with E-state index in [1.54, 1.807) is 0 Å². The van der Waals surface area contributed by atoms with E-state index in [4.69, 9.17) is 27.9 Å². The number of hydrogen-bond donors (Lipinski definition) is 1. The van der Waals surface area contributed by atoms with Crippen LogP contribution in [0.1, 0.15) is 11.4 Å². The number of nitrogens with one attached hydrogen (secondary N) is 1. The van der Waals surface area contributed by atoms with Gasteiger partial charge in [0.1, 0.15) is 12.4 Å². The lowest BCUT2D eigenvalue weighted by atomic mass is 10.2. The van der Waals surface area contributed by atoms with Crippen molar-refractivity contribution in [3.05, 3.63) is 63.9 Å². The van der Waals surface area contributed by atoms with Gasteiger partial charge in [-0.3, -0.25) is 4.79 Å². The minimum atomic E-state index is -0.197. The number of rotatable bonds is 6. The second-order valence-corrected chi connectivity index (χ2v) is 6.33. The van der Waals surface area contributed by atoms with Crippen molar-refractivity contribution in [3.8, 4) is 0 Å². The zero-order chi connectivity index (χ0) is 17.8. The number of hydrogen-bond acceptors (Lipinski definition) is 3. The average molecular weight is 378 g/mol. The molecular formula is C18H17Cl2N3O2. The van der Waals surface area contributed by atoms with Gasteiger partial charge >= 0.3 is 0 Å². The molecule has 1 aromatic heterocycles. The average Bonchev–Trinajstić information content (AvgIpc) is 2.94. The molecular weight excluding hydrogens is 361 g/mol. The number of methoxy groups -OCH3 is 1. The molecule has 25 heavy (non-hydrogen) atoms. The van der Waals surface area contributed by atoms with Gasteiger partial charge in [-0.25, -0.2) is 4.98 Å². The van der Waals surface area contributed by atoms with Crippen LogP contribution in [0.4, 0.5) is 0 Å². The summed E-state index contributed by atoms with van der Waals surface area (Å²) >= 11 is 12.6. The van der Waals surface area contributed by atoms with Gasteiger partial charge in [0.05, 0.1) is 24.1 Å². The fourth-order valence-corrected chi connectivity index (χ4v) is 3.16. The number of imidazole rings is 1. The normalized spacial score (nSPS) is 11.0. The van der Waals surface area contributed by atoms with Crippen LogP contribution in [0.5, 0.6) is 0 Å². The molecule has 0 saturated carbocycles. The molecule has 0 radical (unpaired) electrons. The van der Waals surface area contributed by atoms with Crippen LogP contribution in [-0.2, 0) is 22.6 Å². The highest BCUT2D eigenvalue weighted by Gasteiger charge is 2.14. The van der Waals surface area contributed by atoms with Gasteiger partial charge in [-0.15, -0.1) is 0 Å². The molecule has 0 atom stereocenters. The molecule has 1 N–H and O–H groups in total. The Bertz CT molecular complexity index is 888. The van der Waals surface area contributed by atoms with Crippen molar-refractivity contribution in [2.45, 2.75) is 13.1 Å². The largest absolute Gasteiger partial charge is 0.375 e. The van der Waals surface area contributed by atoms with E-state index in [2.05, 4.69) is 10.3 Å². The standard InChI is InChI=1S/C18H17Cl2N3O2/c1-25-11-18(24)21-9-17-22-15-7-2-3-8-16(15)23(17)10-12-13(19)5-4-6-14(12)20/h2-8H,9-11H2,1H3,(H,21,24). The van der Waals surface area contributed by atoms with Gasteiger partial charge in [0.15, 0.2) is 0 Å². The molecule has 0 fully saturated rings. The third-order valence-electron chi connectivity index (χ3n) is 3.83. The van der Waals surface area contributed by atoms with Crippen molar-refractivity contribution >= 4 is 40.1 Å². The van der Waals surface area contributed by atoms with E-state index in [1.165, 1.54) is 7.11 Å². The van der Waals surface area contributed by atoms with Crippen molar-refractivity contribution in [1.29, 1.82) is 0 Å². The monoisotopic (exact) mass is 377 g/mol. The number of ether oxygens (including phenoxy) is 1. The highest BCUT2D eigenvalue weighted by Crippen LogP contribution is 2.27. The molecule has 0 spiro atoms. The summed E-state index contributed by atoms with van der Waals surface area (Å²) in [6, 6.07) is 13.2. The van der Waals surface area contributed by atoms with E-state index in [1.807, 2.05) is 47.0 Å². The molecule has 2 aromatic carbocycles. The van der Waals surface area contributed by atoms with Crippen LogP contribution < -0.4 is 5.32 Å². The van der Waals surface area contributed by atoms with Crippen LogP contribution in [0.25, 0.3) is 11.0 Å². The predicted octanol–water partition coefficient (Wildman–Crippen LogP) is 3.65. The minimum Gasteiger partial charge on any atom is -0.375 e. The quantitative estimate of drug-likeness (QED) is 0.712. The Morgan fingerprint density at radius 2 is 1.88 bits per heavy atom. The third kappa shape index (κ3) is 3.95. The summed E-state index contributed by atoms with van der Waals surface area (Å²) in [6.45, 7) is 0.768. The maximum atomic E-state index is 11.7. The highest BCUT2D eigenvalue weighted by molar-refractivity contribution is 6.36. The van der Waals surface area contributed by atoms with Gasteiger partial charge in [-0.1, -0.05) is 41.4 Å². The smallest absolute Gasteiger partial charge is 0.246 e. The lowest BCUT2D eigenvalue weighted by molar-refractivity contribution is -0.124. The summed E-state index contributed by atoms with van der Waals surface area (Å²) in [5.41, 5.74) is 2.62. The zero-order valence-electron chi connectivity index (χ0n) is 13.6. The summed E-state index contributed by atoms with van der Waals surface area (Å²) < 4.78 is 6.84. The summed E-state index contributed by atoms with van der Waals surface area (Å²) in [4.78, 5) is 16.3. The number of amides is 1. The fourth-order valence-electron chi connectivity index (χ4n) is 2.64. The van der Waals surface area contributed by atoms with Crippen molar-refractivity contribution in [2.24, 2.45) is 0 Å². The molecule has 3 aromatic rings. The van der Waals surface area contributed by atoms with Gasteiger partial charge in [0, 0.05) is 22.7 Å².